The maximum absolute atomic E-state index is 5.97. The van der Waals surface area contributed by atoms with Gasteiger partial charge in [0.05, 0.1) is 16.7 Å². The Kier molecular flexibility index (Phi) is 4.57. The van der Waals surface area contributed by atoms with Crippen molar-refractivity contribution in [3.8, 4) is 5.75 Å². The van der Waals surface area contributed by atoms with E-state index < -0.39 is 0 Å². The van der Waals surface area contributed by atoms with E-state index in [0.717, 1.165) is 0 Å². The van der Waals surface area contributed by atoms with Gasteiger partial charge in [-0.15, -0.1) is 10.2 Å². The number of benzene rings is 1. The summed E-state index contributed by atoms with van der Waals surface area (Å²) in [5.41, 5.74) is 0. The Morgan fingerprint density at radius 2 is 2.06 bits per heavy atom. The highest BCUT2D eigenvalue weighted by atomic mass is 35.5. The predicted molar refractivity (Wildman–Crippen MR) is 72.9 cm³/mol. The van der Waals surface area contributed by atoms with Crippen LogP contribution in [0.4, 0.5) is 0 Å². The molecule has 0 amide bonds. The van der Waals surface area contributed by atoms with E-state index in [9.17, 15) is 0 Å². The number of hydrogen-bond acceptors (Lipinski definition) is 5. The van der Waals surface area contributed by atoms with Crippen molar-refractivity contribution in [1.82, 2.24) is 14.9 Å². The van der Waals surface area contributed by atoms with Gasteiger partial charge in [-0.2, -0.15) is 0 Å². The number of ether oxygens (including phenoxy) is 1. The molecule has 0 aliphatic carbocycles. The lowest BCUT2D eigenvalue weighted by Gasteiger charge is -2.08. The number of thioether (sulfide) groups is 1. The van der Waals surface area contributed by atoms with Crippen molar-refractivity contribution in [1.29, 1.82) is 0 Å². The summed E-state index contributed by atoms with van der Waals surface area (Å²) in [6.07, 6.45) is 1.44. The van der Waals surface area contributed by atoms with Gasteiger partial charge in [-0.05, 0) is 12.1 Å². The molecule has 0 aliphatic heterocycles. The molecule has 1 aromatic heterocycles. The van der Waals surface area contributed by atoms with E-state index in [2.05, 4.69) is 10.2 Å². The first-order valence-corrected chi connectivity index (χ1v) is 6.77. The van der Waals surface area contributed by atoms with Gasteiger partial charge in [0.25, 0.3) is 0 Å². The summed E-state index contributed by atoms with van der Waals surface area (Å²) in [6, 6.07) is 5.22. The van der Waals surface area contributed by atoms with Gasteiger partial charge in [0.15, 0.2) is 5.75 Å². The maximum Gasteiger partial charge on any atom is 0.209 e. The van der Waals surface area contributed by atoms with Crippen LogP contribution >= 0.6 is 35.0 Å². The molecular weight excluding hydrogens is 295 g/mol. The van der Waals surface area contributed by atoms with Crippen molar-refractivity contribution in [3.05, 3.63) is 34.6 Å². The number of nitrogens with zero attached hydrogens (tertiary/aromatic N) is 3. The van der Waals surface area contributed by atoms with E-state index in [-0.39, 0.29) is 0 Å². The maximum atomic E-state index is 5.97. The Morgan fingerprint density at radius 1 is 1.33 bits per heavy atom. The lowest BCUT2D eigenvalue weighted by Crippen LogP contribution is -2.09. The second-order valence-electron chi connectivity index (χ2n) is 3.27. The van der Waals surface area contributed by atoms with Gasteiger partial charge in [-0.3, -0.25) is 0 Å². The van der Waals surface area contributed by atoms with E-state index in [1.807, 2.05) is 0 Å². The third-order valence-corrected chi connectivity index (χ3v) is 3.54. The summed E-state index contributed by atoms with van der Waals surface area (Å²) in [6.45, 7) is 0.445. The molecule has 96 valence electrons. The second kappa shape index (κ2) is 6.17. The molecule has 0 spiro atoms. The number of hydrogen-bond donors (Lipinski definition) is 1. The first-order valence-electron chi connectivity index (χ1n) is 5.03. The summed E-state index contributed by atoms with van der Waals surface area (Å²) in [4.78, 5) is 0. The Hall–Kier alpha value is -1.11. The molecule has 2 aromatic rings. The lowest BCUT2D eigenvalue weighted by atomic mass is 10.3. The van der Waals surface area contributed by atoms with Crippen LogP contribution < -0.4 is 10.6 Å². The summed E-state index contributed by atoms with van der Waals surface area (Å²) in [7, 11) is 0. The standard InChI is InChI=1S/C10H10Cl2N4OS/c11-7-2-1-3-8(12)9(7)17-4-5-18-10-15-14-6-16(10)13/h1-3,6H,4-5,13H2. The van der Waals surface area contributed by atoms with Crippen LogP contribution in [0.3, 0.4) is 0 Å². The minimum absolute atomic E-state index is 0.445. The molecule has 0 unspecified atom stereocenters. The topological polar surface area (TPSA) is 66.0 Å². The highest BCUT2D eigenvalue weighted by Crippen LogP contribution is 2.32. The van der Waals surface area contributed by atoms with Crippen LogP contribution in [-0.4, -0.2) is 27.2 Å². The fourth-order valence-corrected chi connectivity index (χ4v) is 2.39. The second-order valence-corrected chi connectivity index (χ2v) is 5.14. The number of aromatic nitrogens is 3. The van der Waals surface area contributed by atoms with Crippen molar-refractivity contribution < 1.29 is 4.74 Å². The summed E-state index contributed by atoms with van der Waals surface area (Å²) >= 11 is 13.4. The van der Waals surface area contributed by atoms with Crippen LogP contribution in [-0.2, 0) is 0 Å². The average molecular weight is 305 g/mol. The molecule has 1 aromatic carbocycles. The van der Waals surface area contributed by atoms with E-state index in [1.54, 1.807) is 18.2 Å². The van der Waals surface area contributed by atoms with E-state index >= 15 is 0 Å². The van der Waals surface area contributed by atoms with Crippen LogP contribution in [0.25, 0.3) is 0 Å². The molecule has 0 saturated carbocycles. The molecule has 0 bridgehead atoms. The molecule has 0 atom stereocenters. The quantitative estimate of drug-likeness (QED) is 0.522. The molecule has 0 radical (unpaired) electrons. The smallest absolute Gasteiger partial charge is 0.209 e. The number of nitrogen functional groups attached to an aromatic ring is 1. The molecule has 0 saturated heterocycles. The molecule has 18 heavy (non-hydrogen) atoms. The molecule has 8 heteroatoms. The molecule has 2 N–H and O–H groups in total. The normalized spacial score (nSPS) is 10.6. The van der Waals surface area contributed by atoms with Gasteiger partial charge >= 0.3 is 0 Å². The van der Waals surface area contributed by atoms with Crippen LogP contribution in [0, 0.1) is 0 Å². The third-order valence-electron chi connectivity index (χ3n) is 2.02. The zero-order chi connectivity index (χ0) is 13.0. The SMILES string of the molecule is Nn1cnnc1SCCOc1c(Cl)cccc1Cl. The molecule has 2 rings (SSSR count). The predicted octanol–water partition coefficient (Wildman–Crippen LogP) is 2.47. The monoisotopic (exact) mass is 304 g/mol. The minimum Gasteiger partial charge on any atom is -0.490 e. The van der Waals surface area contributed by atoms with E-state index in [0.29, 0.717) is 33.3 Å². The van der Waals surface area contributed by atoms with Crippen molar-refractivity contribution in [3.63, 3.8) is 0 Å². The van der Waals surface area contributed by atoms with E-state index in [4.69, 9.17) is 33.8 Å². The van der Waals surface area contributed by atoms with Crippen molar-refractivity contribution >= 4 is 35.0 Å². The zero-order valence-corrected chi connectivity index (χ0v) is 11.5. The van der Waals surface area contributed by atoms with Crippen LogP contribution in [0.5, 0.6) is 5.75 Å². The highest BCUT2D eigenvalue weighted by Gasteiger charge is 2.07. The largest absolute Gasteiger partial charge is 0.490 e. The van der Waals surface area contributed by atoms with Crippen LogP contribution in [0.2, 0.25) is 10.0 Å². The number of rotatable bonds is 5. The van der Waals surface area contributed by atoms with E-state index in [1.165, 1.54) is 22.8 Å². The van der Waals surface area contributed by atoms with Gasteiger partial charge in [0, 0.05) is 5.75 Å². The zero-order valence-electron chi connectivity index (χ0n) is 9.22. The molecule has 0 fully saturated rings. The van der Waals surface area contributed by atoms with Crippen LogP contribution in [0.1, 0.15) is 0 Å². The summed E-state index contributed by atoms with van der Waals surface area (Å²) < 4.78 is 6.88. The van der Waals surface area contributed by atoms with Gasteiger partial charge in [0.2, 0.25) is 5.16 Å². The lowest BCUT2D eigenvalue weighted by molar-refractivity contribution is 0.344. The number of para-hydroxylation sites is 1. The van der Waals surface area contributed by atoms with Crippen molar-refractivity contribution in [2.75, 3.05) is 18.2 Å². The molecule has 5 nitrogen and oxygen atoms in total. The Bertz CT molecular complexity index is 514. The van der Waals surface area contributed by atoms with Gasteiger partial charge < -0.3 is 10.6 Å². The van der Waals surface area contributed by atoms with Crippen molar-refractivity contribution in [2.45, 2.75) is 5.16 Å². The first-order chi connectivity index (χ1) is 8.68. The average Bonchev–Trinajstić information content (AvgIpc) is 2.73. The summed E-state index contributed by atoms with van der Waals surface area (Å²) in [5, 5.41) is 9.13. The molecule has 0 aliphatic rings. The van der Waals surface area contributed by atoms with Crippen molar-refractivity contribution in [2.24, 2.45) is 0 Å². The fourth-order valence-electron chi connectivity index (χ4n) is 1.23. The third kappa shape index (κ3) is 3.22. The Balaban J connectivity index is 1.84. The van der Waals surface area contributed by atoms with Gasteiger partial charge in [-0.1, -0.05) is 41.0 Å². The van der Waals surface area contributed by atoms with Gasteiger partial charge in [0.1, 0.15) is 6.33 Å². The number of nitrogens with two attached hydrogens (primary N) is 1. The van der Waals surface area contributed by atoms with Gasteiger partial charge in [-0.25, -0.2) is 4.68 Å². The number of halogens is 2. The minimum atomic E-state index is 0.445. The molecule has 1 heterocycles. The Morgan fingerprint density at radius 3 is 2.67 bits per heavy atom. The highest BCUT2D eigenvalue weighted by molar-refractivity contribution is 7.99. The Labute approximate surface area is 118 Å². The fraction of sp³-hybridized carbons (Fsp3) is 0.200. The summed E-state index contributed by atoms with van der Waals surface area (Å²) in [5.74, 6) is 6.73. The first kappa shape index (κ1) is 13.3. The molecular formula is C10H10Cl2N4OS. The van der Waals surface area contributed by atoms with Crippen LogP contribution in [0.15, 0.2) is 29.7 Å².